The molecular weight excluding hydrogens is 473 g/mol. The second-order valence-electron chi connectivity index (χ2n) is 8.79. The van der Waals surface area contributed by atoms with E-state index in [1.54, 1.807) is 18.2 Å². The highest BCUT2D eigenvalue weighted by atomic mass is 35.5. The molecule has 0 saturated carbocycles. The number of carbonyl (C=O) groups excluding carboxylic acids is 1. The average Bonchev–Trinajstić information content (AvgIpc) is 3.16. The van der Waals surface area contributed by atoms with Gasteiger partial charge in [0.05, 0.1) is 24.8 Å². The number of rotatable bonds is 9. The number of aliphatic hydroxyl groups excluding tert-OH is 2. The van der Waals surface area contributed by atoms with Gasteiger partial charge >= 0.3 is 0 Å². The van der Waals surface area contributed by atoms with Crippen LogP contribution >= 0.6 is 23.2 Å². The Balaban J connectivity index is 2.18. The van der Waals surface area contributed by atoms with E-state index in [-0.39, 0.29) is 25.5 Å². The maximum atomic E-state index is 13.5. The number of benzene rings is 2. The van der Waals surface area contributed by atoms with Gasteiger partial charge in [0.1, 0.15) is 5.41 Å². The largest absolute Gasteiger partial charge is 0.394 e. The highest BCUT2D eigenvalue weighted by Gasteiger charge is 2.65. The zero-order chi connectivity index (χ0) is 24.9. The number of amides is 1. The molecule has 0 aromatic heterocycles. The van der Waals surface area contributed by atoms with Gasteiger partial charge < -0.3 is 15.5 Å². The summed E-state index contributed by atoms with van der Waals surface area (Å²) in [6.45, 7) is 3.87. The third kappa shape index (κ3) is 4.68. The number of nitrogens with one attached hydrogen (secondary N) is 2. The molecule has 0 radical (unpaired) electrons. The summed E-state index contributed by atoms with van der Waals surface area (Å²) in [7, 11) is 0. The van der Waals surface area contributed by atoms with Crippen LogP contribution in [0.2, 0.25) is 10.0 Å². The standard InChI is InChI=1S/C26H31Cl2N3O3/c1-3-25(4-2)26(16-29,18-8-10-19(27)11-9-18)22(17-6-5-7-20(28)14-17)23(31-25)24(34)30-13-12-21(33)15-32/h5-11,14,21-23,31-33H,3-4,12-13,15H2,1-2H3,(H,30,34)/t21-,22?,23+,26?/m0/s1. The lowest BCUT2D eigenvalue weighted by molar-refractivity contribution is -0.123. The maximum absolute atomic E-state index is 13.5. The fourth-order valence-corrected chi connectivity index (χ4v) is 5.71. The number of halogens is 2. The van der Waals surface area contributed by atoms with E-state index < -0.39 is 29.0 Å². The average molecular weight is 504 g/mol. The van der Waals surface area contributed by atoms with E-state index >= 15 is 0 Å². The van der Waals surface area contributed by atoms with Crippen LogP contribution in [0.4, 0.5) is 0 Å². The molecule has 3 rings (SSSR count). The summed E-state index contributed by atoms with van der Waals surface area (Å²) >= 11 is 12.5. The van der Waals surface area contributed by atoms with Gasteiger partial charge in [0.2, 0.25) is 5.91 Å². The van der Waals surface area contributed by atoms with E-state index in [1.807, 2.05) is 44.2 Å². The van der Waals surface area contributed by atoms with E-state index in [0.29, 0.717) is 22.9 Å². The topological polar surface area (TPSA) is 105 Å². The molecule has 0 aliphatic carbocycles. The van der Waals surface area contributed by atoms with Gasteiger partial charge in [-0.3, -0.25) is 10.1 Å². The Morgan fingerprint density at radius 1 is 1.18 bits per heavy atom. The quantitative estimate of drug-likeness (QED) is 0.414. The first-order valence-electron chi connectivity index (χ1n) is 11.6. The van der Waals surface area contributed by atoms with Crippen LogP contribution in [0, 0.1) is 11.3 Å². The predicted octanol–water partition coefficient (Wildman–Crippen LogP) is 3.93. The number of nitriles is 1. The monoisotopic (exact) mass is 503 g/mol. The van der Waals surface area contributed by atoms with Gasteiger partial charge in [-0.15, -0.1) is 0 Å². The van der Waals surface area contributed by atoms with E-state index in [4.69, 9.17) is 28.3 Å². The second kappa shape index (κ2) is 11.1. The molecule has 2 aromatic carbocycles. The summed E-state index contributed by atoms with van der Waals surface area (Å²) in [6, 6.07) is 16.5. The Morgan fingerprint density at radius 2 is 1.85 bits per heavy atom. The third-order valence-corrected chi connectivity index (χ3v) is 7.63. The fourth-order valence-electron chi connectivity index (χ4n) is 5.39. The van der Waals surface area contributed by atoms with Crippen molar-refractivity contribution in [2.24, 2.45) is 0 Å². The minimum Gasteiger partial charge on any atom is -0.394 e. The van der Waals surface area contributed by atoms with E-state index in [2.05, 4.69) is 16.7 Å². The second-order valence-corrected chi connectivity index (χ2v) is 9.66. The van der Waals surface area contributed by atoms with Crippen LogP contribution in [0.15, 0.2) is 48.5 Å². The van der Waals surface area contributed by atoms with Crippen LogP contribution in [0.5, 0.6) is 0 Å². The molecule has 1 aliphatic heterocycles. The SMILES string of the molecule is CCC1(CC)N[C@@H](C(=O)NCC[C@H](O)CO)C(c2cccc(Cl)c2)C1(C#N)c1ccc(Cl)cc1. The number of hydrogen-bond acceptors (Lipinski definition) is 5. The molecular formula is C26H31Cl2N3O3. The first-order chi connectivity index (χ1) is 16.3. The molecule has 1 amide bonds. The summed E-state index contributed by atoms with van der Waals surface area (Å²) in [6.07, 6.45) is 0.551. The molecule has 1 fully saturated rings. The Bertz CT molecular complexity index is 1040. The van der Waals surface area contributed by atoms with Crippen LogP contribution in [0.25, 0.3) is 0 Å². The fraction of sp³-hybridized carbons (Fsp3) is 0.462. The number of hydrogen-bond donors (Lipinski definition) is 4. The molecule has 8 heteroatoms. The van der Waals surface area contributed by atoms with Gasteiger partial charge in [-0.25, -0.2) is 0 Å². The molecule has 6 nitrogen and oxygen atoms in total. The molecule has 2 aromatic rings. The van der Waals surface area contributed by atoms with Gasteiger partial charge in [0.15, 0.2) is 0 Å². The van der Waals surface area contributed by atoms with Gasteiger partial charge in [0, 0.05) is 28.0 Å². The van der Waals surface area contributed by atoms with Crippen LogP contribution in [-0.2, 0) is 10.2 Å². The lowest BCUT2D eigenvalue weighted by Crippen LogP contribution is -2.55. The van der Waals surface area contributed by atoms with Crippen molar-refractivity contribution in [3.05, 3.63) is 69.7 Å². The summed E-state index contributed by atoms with van der Waals surface area (Å²) in [5.74, 6) is -0.812. The maximum Gasteiger partial charge on any atom is 0.237 e. The first-order valence-corrected chi connectivity index (χ1v) is 12.3. The van der Waals surface area contributed by atoms with Crippen molar-refractivity contribution < 1.29 is 15.0 Å². The minimum absolute atomic E-state index is 0.201. The van der Waals surface area contributed by atoms with Crippen molar-refractivity contribution in [3.63, 3.8) is 0 Å². The molecule has 2 unspecified atom stereocenters. The summed E-state index contributed by atoms with van der Waals surface area (Å²) in [5.41, 5.74) is -0.212. The van der Waals surface area contributed by atoms with Gasteiger partial charge in [-0.1, -0.05) is 61.3 Å². The van der Waals surface area contributed by atoms with Crippen molar-refractivity contribution in [3.8, 4) is 6.07 Å². The first kappa shape index (κ1) is 26.5. The van der Waals surface area contributed by atoms with Crippen LogP contribution in [0.1, 0.15) is 50.2 Å². The third-order valence-electron chi connectivity index (χ3n) is 7.15. The summed E-state index contributed by atoms with van der Waals surface area (Å²) < 4.78 is 0. The lowest BCUT2D eigenvalue weighted by Gasteiger charge is -2.43. The van der Waals surface area contributed by atoms with Crippen molar-refractivity contribution in [1.82, 2.24) is 10.6 Å². The Kier molecular flexibility index (Phi) is 8.62. The lowest BCUT2D eigenvalue weighted by atomic mass is 9.58. The Hall–Kier alpha value is -2.14. The van der Waals surface area contributed by atoms with Gasteiger partial charge in [-0.05, 0) is 54.7 Å². The molecule has 4 atom stereocenters. The summed E-state index contributed by atoms with van der Waals surface area (Å²) in [4.78, 5) is 13.5. The molecule has 34 heavy (non-hydrogen) atoms. The molecule has 1 heterocycles. The van der Waals surface area contributed by atoms with Crippen molar-refractivity contribution >= 4 is 29.1 Å². The zero-order valence-electron chi connectivity index (χ0n) is 19.4. The highest BCUT2D eigenvalue weighted by Crippen LogP contribution is 2.56. The molecule has 4 N–H and O–H groups in total. The number of nitrogens with zero attached hydrogens (tertiary/aromatic N) is 1. The van der Waals surface area contributed by atoms with Crippen molar-refractivity contribution in [2.75, 3.05) is 13.2 Å². The van der Waals surface area contributed by atoms with E-state index in [9.17, 15) is 15.2 Å². The highest BCUT2D eigenvalue weighted by molar-refractivity contribution is 6.30. The zero-order valence-corrected chi connectivity index (χ0v) is 20.9. The Morgan fingerprint density at radius 3 is 2.41 bits per heavy atom. The molecule has 0 bridgehead atoms. The summed E-state index contributed by atoms with van der Waals surface area (Å²) in [5, 5.41) is 37.1. The van der Waals surface area contributed by atoms with Crippen LogP contribution in [-0.4, -0.2) is 47.0 Å². The predicted molar refractivity (Wildman–Crippen MR) is 134 cm³/mol. The molecule has 182 valence electrons. The number of aliphatic hydroxyl groups is 2. The van der Waals surface area contributed by atoms with E-state index in [1.165, 1.54) is 0 Å². The van der Waals surface area contributed by atoms with E-state index in [0.717, 1.165) is 11.1 Å². The molecule has 1 saturated heterocycles. The van der Waals surface area contributed by atoms with Gasteiger partial charge in [0.25, 0.3) is 0 Å². The smallest absolute Gasteiger partial charge is 0.237 e. The molecule has 1 aliphatic rings. The molecule has 0 spiro atoms. The van der Waals surface area contributed by atoms with Gasteiger partial charge in [-0.2, -0.15) is 5.26 Å². The van der Waals surface area contributed by atoms with Crippen molar-refractivity contribution in [1.29, 1.82) is 5.26 Å². The Labute approximate surface area is 210 Å². The number of carbonyl (C=O) groups is 1. The normalized spacial score (nSPS) is 24.4. The van der Waals surface area contributed by atoms with Crippen LogP contribution < -0.4 is 10.6 Å². The van der Waals surface area contributed by atoms with Crippen molar-refractivity contribution in [2.45, 2.75) is 62.1 Å². The minimum atomic E-state index is -1.08. The van der Waals surface area contributed by atoms with Crippen LogP contribution in [0.3, 0.4) is 0 Å².